The number of rotatable bonds is 6. The van der Waals surface area contributed by atoms with Gasteiger partial charge in [-0.3, -0.25) is 4.79 Å². The molecule has 0 heterocycles. The van der Waals surface area contributed by atoms with Crippen molar-refractivity contribution >= 4 is 5.91 Å². The predicted octanol–water partition coefficient (Wildman–Crippen LogP) is 4.51. The second-order valence-electron chi connectivity index (χ2n) is 5.95. The minimum Gasteiger partial charge on any atom is -0.346 e. The maximum absolute atomic E-state index is 13.2. The Morgan fingerprint density at radius 2 is 1.65 bits per heavy atom. The zero-order valence-corrected chi connectivity index (χ0v) is 14.0. The maximum Gasteiger partial charge on any atom is 0.225 e. The molecule has 0 aromatic heterocycles. The number of aryl methyl sites for hydroxylation is 1. The van der Waals surface area contributed by atoms with Crippen LogP contribution < -0.4 is 5.32 Å². The number of benzene rings is 2. The van der Waals surface area contributed by atoms with E-state index in [1.807, 2.05) is 45.0 Å². The highest BCUT2D eigenvalue weighted by Gasteiger charge is 2.30. The molecule has 0 aliphatic rings. The van der Waals surface area contributed by atoms with E-state index in [-0.39, 0.29) is 11.7 Å². The van der Waals surface area contributed by atoms with Gasteiger partial charge in [0.15, 0.2) is 0 Å². The molecule has 0 bridgehead atoms. The largest absolute Gasteiger partial charge is 0.346 e. The van der Waals surface area contributed by atoms with Gasteiger partial charge in [-0.2, -0.15) is 0 Å². The lowest BCUT2D eigenvalue weighted by Crippen LogP contribution is -2.45. The van der Waals surface area contributed by atoms with Crippen molar-refractivity contribution in [3.05, 3.63) is 71.0 Å². The average Bonchev–Trinajstić information content (AvgIpc) is 2.56. The van der Waals surface area contributed by atoms with Gasteiger partial charge in [0.1, 0.15) is 5.82 Å². The van der Waals surface area contributed by atoms with Gasteiger partial charge in [0.2, 0.25) is 5.91 Å². The summed E-state index contributed by atoms with van der Waals surface area (Å²) < 4.78 is 13.2. The quantitative estimate of drug-likeness (QED) is 0.835. The molecule has 1 amide bonds. The molecule has 0 aliphatic heterocycles. The van der Waals surface area contributed by atoms with Crippen molar-refractivity contribution in [2.24, 2.45) is 0 Å². The first-order valence-corrected chi connectivity index (χ1v) is 8.12. The summed E-state index contributed by atoms with van der Waals surface area (Å²) in [6.07, 6.45) is 1.87. The van der Waals surface area contributed by atoms with Crippen LogP contribution in [0.3, 0.4) is 0 Å². The first-order valence-electron chi connectivity index (χ1n) is 8.12. The molecule has 0 atom stereocenters. The van der Waals surface area contributed by atoms with Crippen LogP contribution in [0.1, 0.15) is 43.4 Å². The van der Waals surface area contributed by atoms with Crippen molar-refractivity contribution in [3.63, 3.8) is 0 Å². The molecule has 0 spiro atoms. The summed E-state index contributed by atoms with van der Waals surface area (Å²) in [4.78, 5) is 12.6. The van der Waals surface area contributed by atoms with Crippen LogP contribution in [0.25, 0.3) is 0 Å². The van der Waals surface area contributed by atoms with Crippen LogP contribution in [0.2, 0.25) is 0 Å². The first kappa shape index (κ1) is 17.2. The van der Waals surface area contributed by atoms with E-state index in [2.05, 4.69) is 5.32 Å². The average molecular weight is 313 g/mol. The SMILES string of the molecule is CCC(CC)(NC(=O)Cc1ccccc1C)c1ccc(F)cc1. The van der Waals surface area contributed by atoms with E-state index in [4.69, 9.17) is 0 Å². The molecular weight excluding hydrogens is 289 g/mol. The van der Waals surface area contributed by atoms with Gasteiger partial charge in [0.25, 0.3) is 0 Å². The second kappa shape index (κ2) is 7.40. The van der Waals surface area contributed by atoms with E-state index in [1.54, 1.807) is 12.1 Å². The van der Waals surface area contributed by atoms with Crippen molar-refractivity contribution in [2.45, 2.75) is 45.6 Å². The highest BCUT2D eigenvalue weighted by Crippen LogP contribution is 2.29. The van der Waals surface area contributed by atoms with E-state index in [0.717, 1.165) is 29.5 Å². The third-order valence-electron chi connectivity index (χ3n) is 4.59. The van der Waals surface area contributed by atoms with E-state index in [9.17, 15) is 9.18 Å². The zero-order valence-electron chi connectivity index (χ0n) is 14.0. The normalized spacial score (nSPS) is 11.3. The monoisotopic (exact) mass is 313 g/mol. The number of hydrogen-bond donors (Lipinski definition) is 1. The number of hydrogen-bond acceptors (Lipinski definition) is 1. The van der Waals surface area contributed by atoms with Crippen LogP contribution in [0.15, 0.2) is 48.5 Å². The van der Waals surface area contributed by atoms with Crippen LogP contribution in [0, 0.1) is 12.7 Å². The van der Waals surface area contributed by atoms with Crippen LogP contribution >= 0.6 is 0 Å². The molecule has 2 rings (SSSR count). The summed E-state index contributed by atoms with van der Waals surface area (Å²) in [7, 11) is 0. The standard InChI is InChI=1S/C20H24FNO/c1-4-20(5-2,17-10-12-18(21)13-11-17)22-19(23)14-16-9-7-6-8-15(16)3/h6-13H,4-5,14H2,1-3H3,(H,22,23). The molecule has 0 fully saturated rings. The minimum absolute atomic E-state index is 0.00711. The lowest BCUT2D eigenvalue weighted by Gasteiger charge is -2.34. The Labute approximate surface area is 137 Å². The highest BCUT2D eigenvalue weighted by atomic mass is 19.1. The number of carbonyl (C=O) groups excluding carboxylic acids is 1. The van der Waals surface area contributed by atoms with Crippen molar-refractivity contribution < 1.29 is 9.18 Å². The van der Waals surface area contributed by atoms with Gasteiger partial charge in [-0.05, 0) is 48.6 Å². The van der Waals surface area contributed by atoms with E-state index < -0.39 is 5.54 Å². The van der Waals surface area contributed by atoms with Crippen LogP contribution in [-0.4, -0.2) is 5.91 Å². The molecule has 0 radical (unpaired) electrons. The molecule has 1 N–H and O–H groups in total. The molecule has 23 heavy (non-hydrogen) atoms. The number of nitrogens with one attached hydrogen (secondary N) is 1. The van der Waals surface area contributed by atoms with E-state index in [0.29, 0.717) is 6.42 Å². The van der Waals surface area contributed by atoms with Gasteiger partial charge in [-0.1, -0.05) is 50.2 Å². The summed E-state index contributed by atoms with van der Waals surface area (Å²) in [5.74, 6) is -0.270. The number of amides is 1. The lowest BCUT2D eigenvalue weighted by atomic mass is 9.84. The van der Waals surface area contributed by atoms with E-state index >= 15 is 0 Å². The Balaban J connectivity index is 2.20. The number of halogens is 1. The fraction of sp³-hybridized carbons (Fsp3) is 0.350. The second-order valence-corrected chi connectivity index (χ2v) is 5.95. The Kier molecular flexibility index (Phi) is 5.54. The van der Waals surface area contributed by atoms with Gasteiger partial charge in [-0.15, -0.1) is 0 Å². The summed E-state index contributed by atoms with van der Waals surface area (Å²) in [5.41, 5.74) is 2.64. The van der Waals surface area contributed by atoms with Gasteiger partial charge < -0.3 is 5.32 Å². The molecular formula is C20H24FNO. The summed E-state index contributed by atoms with van der Waals surface area (Å²) in [6, 6.07) is 14.3. The first-order chi connectivity index (χ1) is 11.0. The Hall–Kier alpha value is -2.16. The van der Waals surface area contributed by atoms with Gasteiger partial charge in [0, 0.05) is 0 Å². The molecule has 0 saturated carbocycles. The summed E-state index contributed by atoms with van der Waals surface area (Å²) in [5, 5.41) is 3.18. The van der Waals surface area contributed by atoms with Crippen molar-refractivity contribution in [3.8, 4) is 0 Å². The summed E-state index contributed by atoms with van der Waals surface area (Å²) >= 11 is 0. The van der Waals surface area contributed by atoms with Gasteiger partial charge in [-0.25, -0.2) is 4.39 Å². The van der Waals surface area contributed by atoms with Gasteiger partial charge >= 0.3 is 0 Å². The topological polar surface area (TPSA) is 29.1 Å². The van der Waals surface area contributed by atoms with Crippen LogP contribution in [-0.2, 0) is 16.8 Å². The molecule has 0 unspecified atom stereocenters. The fourth-order valence-electron chi connectivity index (χ4n) is 2.97. The predicted molar refractivity (Wildman–Crippen MR) is 91.7 cm³/mol. The molecule has 0 aliphatic carbocycles. The third-order valence-corrected chi connectivity index (χ3v) is 4.59. The van der Waals surface area contributed by atoms with Crippen molar-refractivity contribution in [1.29, 1.82) is 0 Å². The smallest absolute Gasteiger partial charge is 0.225 e. The Morgan fingerprint density at radius 3 is 2.22 bits per heavy atom. The Morgan fingerprint density at radius 1 is 1.04 bits per heavy atom. The third kappa shape index (κ3) is 3.98. The minimum atomic E-state index is -0.451. The van der Waals surface area contributed by atoms with Crippen LogP contribution in [0.4, 0.5) is 4.39 Å². The Bertz CT molecular complexity index is 660. The number of carbonyl (C=O) groups is 1. The lowest BCUT2D eigenvalue weighted by molar-refractivity contribution is -0.122. The fourth-order valence-corrected chi connectivity index (χ4v) is 2.97. The molecule has 2 nitrogen and oxygen atoms in total. The van der Waals surface area contributed by atoms with Gasteiger partial charge in [0.05, 0.1) is 12.0 Å². The zero-order chi connectivity index (χ0) is 16.9. The summed E-state index contributed by atoms with van der Waals surface area (Å²) in [6.45, 7) is 6.09. The highest BCUT2D eigenvalue weighted by molar-refractivity contribution is 5.80. The van der Waals surface area contributed by atoms with E-state index in [1.165, 1.54) is 12.1 Å². The molecule has 2 aromatic carbocycles. The van der Waals surface area contributed by atoms with Crippen molar-refractivity contribution in [2.75, 3.05) is 0 Å². The maximum atomic E-state index is 13.2. The molecule has 3 heteroatoms. The molecule has 0 saturated heterocycles. The molecule has 122 valence electrons. The van der Waals surface area contributed by atoms with Crippen LogP contribution in [0.5, 0.6) is 0 Å². The molecule has 2 aromatic rings. The van der Waals surface area contributed by atoms with Crippen molar-refractivity contribution in [1.82, 2.24) is 5.32 Å².